The molecule has 1 aromatic heterocycles. The predicted octanol–water partition coefficient (Wildman–Crippen LogP) is 1.19. The second kappa shape index (κ2) is 7.93. The molecule has 0 aromatic carbocycles. The molecule has 0 aliphatic heterocycles. The minimum absolute atomic E-state index is 0.0516. The number of aromatic nitrogens is 1. The molecule has 0 bridgehead atoms. The summed E-state index contributed by atoms with van der Waals surface area (Å²) < 4.78 is 4.68. The van der Waals surface area contributed by atoms with E-state index in [1.54, 1.807) is 11.0 Å². The molecule has 1 aromatic rings. The van der Waals surface area contributed by atoms with Gasteiger partial charge >= 0.3 is 0 Å². The summed E-state index contributed by atoms with van der Waals surface area (Å²) in [5.74, 6) is 0.279. The van der Waals surface area contributed by atoms with Gasteiger partial charge < -0.3 is 19.6 Å². The van der Waals surface area contributed by atoms with Gasteiger partial charge in [-0.25, -0.2) is 0 Å². The molecule has 7 nitrogen and oxygen atoms in total. The van der Waals surface area contributed by atoms with E-state index >= 15 is 0 Å². The van der Waals surface area contributed by atoms with Gasteiger partial charge in [-0.3, -0.25) is 9.59 Å². The molecule has 122 valence electrons. The van der Waals surface area contributed by atoms with Crippen LogP contribution in [0, 0.1) is 5.92 Å². The standard InChI is InChI=1S/C15H24N4O3/c1-18(2)8-9-19(15(21)12-5-3-4-6-12)11-14(20)16-13-7-10-22-17-13/h7,10,12H,3-6,8-9,11H2,1-2H3,(H,16,17,20). The van der Waals surface area contributed by atoms with Crippen LogP contribution in [-0.4, -0.2) is 60.5 Å². The molecule has 2 rings (SSSR count). The summed E-state index contributed by atoms with van der Waals surface area (Å²) in [7, 11) is 3.90. The van der Waals surface area contributed by atoms with Crippen molar-refractivity contribution in [2.45, 2.75) is 25.7 Å². The van der Waals surface area contributed by atoms with E-state index in [1.165, 1.54) is 6.26 Å². The largest absolute Gasteiger partial charge is 0.363 e. The zero-order chi connectivity index (χ0) is 15.9. The Morgan fingerprint density at radius 3 is 2.64 bits per heavy atom. The number of hydrogen-bond acceptors (Lipinski definition) is 5. The van der Waals surface area contributed by atoms with Gasteiger partial charge in [-0.2, -0.15) is 0 Å². The number of nitrogens with one attached hydrogen (secondary N) is 1. The van der Waals surface area contributed by atoms with Crippen molar-refractivity contribution >= 4 is 17.6 Å². The Bertz CT molecular complexity index is 481. The second-order valence-corrected chi connectivity index (χ2v) is 5.98. The van der Waals surface area contributed by atoms with E-state index in [1.807, 2.05) is 19.0 Å². The van der Waals surface area contributed by atoms with Crippen LogP contribution in [0.15, 0.2) is 16.9 Å². The third-order valence-electron chi connectivity index (χ3n) is 3.87. The SMILES string of the molecule is CN(C)CCN(CC(=O)Nc1ccon1)C(=O)C1CCCC1. The number of likely N-dealkylation sites (N-methyl/N-ethyl adjacent to an activating group) is 1. The first kappa shape index (κ1) is 16.5. The fourth-order valence-corrected chi connectivity index (χ4v) is 2.65. The second-order valence-electron chi connectivity index (χ2n) is 5.98. The lowest BCUT2D eigenvalue weighted by atomic mass is 10.1. The monoisotopic (exact) mass is 308 g/mol. The average molecular weight is 308 g/mol. The summed E-state index contributed by atoms with van der Waals surface area (Å²) in [5.41, 5.74) is 0. The van der Waals surface area contributed by atoms with Gasteiger partial charge in [0.1, 0.15) is 6.26 Å². The van der Waals surface area contributed by atoms with Crippen LogP contribution in [0.2, 0.25) is 0 Å². The Hall–Kier alpha value is -1.89. The first-order valence-electron chi connectivity index (χ1n) is 7.70. The molecule has 0 atom stereocenters. The van der Waals surface area contributed by atoms with Gasteiger partial charge in [0.15, 0.2) is 5.82 Å². The summed E-state index contributed by atoms with van der Waals surface area (Å²) in [6.45, 7) is 1.33. The summed E-state index contributed by atoms with van der Waals surface area (Å²) >= 11 is 0. The topological polar surface area (TPSA) is 78.7 Å². The van der Waals surface area contributed by atoms with Gasteiger partial charge in [-0.15, -0.1) is 0 Å². The van der Waals surface area contributed by atoms with Crippen molar-refractivity contribution in [3.8, 4) is 0 Å². The number of rotatable bonds is 7. The summed E-state index contributed by atoms with van der Waals surface area (Å²) in [5, 5.41) is 6.28. The molecule has 22 heavy (non-hydrogen) atoms. The van der Waals surface area contributed by atoms with Crippen LogP contribution in [-0.2, 0) is 9.59 Å². The molecule has 1 heterocycles. The predicted molar refractivity (Wildman–Crippen MR) is 82.2 cm³/mol. The lowest BCUT2D eigenvalue weighted by Gasteiger charge is -2.26. The van der Waals surface area contributed by atoms with Crippen LogP contribution in [0.1, 0.15) is 25.7 Å². The Kier molecular flexibility index (Phi) is 5.94. The summed E-state index contributed by atoms with van der Waals surface area (Å²) in [6.07, 6.45) is 5.46. The minimum atomic E-state index is -0.251. The number of carbonyl (C=O) groups is 2. The molecule has 1 N–H and O–H groups in total. The van der Waals surface area contributed by atoms with Crippen LogP contribution in [0.3, 0.4) is 0 Å². The van der Waals surface area contributed by atoms with Crippen LogP contribution in [0.5, 0.6) is 0 Å². The van der Waals surface area contributed by atoms with Crippen molar-refractivity contribution < 1.29 is 14.1 Å². The normalized spacial score (nSPS) is 15.2. The van der Waals surface area contributed by atoms with Gasteiger partial charge in [-0.05, 0) is 26.9 Å². The van der Waals surface area contributed by atoms with E-state index in [4.69, 9.17) is 0 Å². The highest BCUT2D eigenvalue weighted by Crippen LogP contribution is 2.26. The molecule has 0 unspecified atom stereocenters. The summed E-state index contributed by atoms with van der Waals surface area (Å²) in [6, 6.07) is 1.57. The van der Waals surface area contributed by atoms with Crippen molar-refractivity contribution in [1.82, 2.24) is 15.0 Å². The number of anilines is 1. The highest BCUT2D eigenvalue weighted by molar-refractivity contribution is 5.94. The van der Waals surface area contributed by atoms with Crippen LogP contribution >= 0.6 is 0 Å². The zero-order valence-corrected chi connectivity index (χ0v) is 13.2. The van der Waals surface area contributed by atoms with E-state index < -0.39 is 0 Å². The van der Waals surface area contributed by atoms with Crippen molar-refractivity contribution in [2.75, 3.05) is 39.0 Å². The van der Waals surface area contributed by atoms with Crippen molar-refractivity contribution in [3.05, 3.63) is 12.3 Å². The lowest BCUT2D eigenvalue weighted by molar-refractivity contribution is -0.138. The van der Waals surface area contributed by atoms with Crippen molar-refractivity contribution in [3.63, 3.8) is 0 Å². The van der Waals surface area contributed by atoms with Crippen molar-refractivity contribution in [2.24, 2.45) is 5.92 Å². The molecular weight excluding hydrogens is 284 g/mol. The third kappa shape index (κ3) is 4.84. The molecule has 1 fully saturated rings. The summed E-state index contributed by atoms with van der Waals surface area (Å²) in [4.78, 5) is 28.3. The van der Waals surface area contributed by atoms with E-state index in [0.29, 0.717) is 12.4 Å². The first-order chi connectivity index (χ1) is 10.6. The molecule has 1 aliphatic carbocycles. The molecule has 1 aliphatic rings. The minimum Gasteiger partial charge on any atom is -0.363 e. The number of carbonyl (C=O) groups excluding carboxylic acids is 2. The fourth-order valence-electron chi connectivity index (χ4n) is 2.65. The van der Waals surface area contributed by atoms with Gasteiger partial charge in [0.25, 0.3) is 0 Å². The molecule has 0 saturated heterocycles. The molecule has 1 saturated carbocycles. The van der Waals surface area contributed by atoms with Gasteiger partial charge in [-0.1, -0.05) is 18.0 Å². The average Bonchev–Trinajstić information content (AvgIpc) is 3.15. The third-order valence-corrected chi connectivity index (χ3v) is 3.87. The maximum atomic E-state index is 12.6. The number of amides is 2. The molecule has 2 amide bonds. The Morgan fingerprint density at radius 2 is 2.05 bits per heavy atom. The molecule has 0 spiro atoms. The molecule has 0 radical (unpaired) electrons. The van der Waals surface area contributed by atoms with E-state index in [-0.39, 0.29) is 24.3 Å². The maximum absolute atomic E-state index is 12.6. The van der Waals surface area contributed by atoms with Crippen LogP contribution in [0.25, 0.3) is 0 Å². The van der Waals surface area contributed by atoms with Gasteiger partial charge in [0.05, 0.1) is 6.54 Å². The maximum Gasteiger partial charge on any atom is 0.245 e. The quantitative estimate of drug-likeness (QED) is 0.818. The Balaban J connectivity index is 1.93. The molecule has 7 heteroatoms. The molecular formula is C15H24N4O3. The highest BCUT2D eigenvalue weighted by atomic mass is 16.5. The number of hydrogen-bond donors (Lipinski definition) is 1. The van der Waals surface area contributed by atoms with E-state index in [9.17, 15) is 9.59 Å². The highest BCUT2D eigenvalue weighted by Gasteiger charge is 2.28. The Morgan fingerprint density at radius 1 is 1.32 bits per heavy atom. The Labute approximate surface area is 130 Å². The van der Waals surface area contributed by atoms with Crippen LogP contribution < -0.4 is 5.32 Å². The smallest absolute Gasteiger partial charge is 0.245 e. The number of nitrogens with zero attached hydrogens (tertiary/aromatic N) is 3. The van der Waals surface area contributed by atoms with Gasteiger partial charge in [0, 0.05) is 25.1 Å². The first-order valence-corrected chi connectivity index (χ1v) is 7.70. The van der Waals surface area contributed by atoms with Crippen LogP contribution in [0.4, 0.5) is 5.82 Å². The van der Waals surface area contributed by atoms with Gasteiger partial charge in [0.2, 0.25) is 11.8 Å². The zero-order valence-electron chi connectivity index (χ0n) is 13.2. The fraction of sp³-hybridized carbons (Fsp3) is 0.667. The van der Waals surface area contributed by atoms with E-state index in [2.05, 4.69) is 15.0 Å². The lowest BCUT2D eigenvalue weighted by Crippen LogP contribution is -2.44. The van der Waals surface area contributed by atoms with Crippen molar-refractivity contribution in [1.29, 1.82) is 0 Å². The van der Waals surface area contributed by atoms with E-state index in [0.717, 1.165) is 32.2 Å².